The summed E-state index contributed by atoms with van der Waals surface area (Å²) >= 11 is 0. The van der Waals surface area contributed by atoms with E-state index < -0.39 is 11.7 Å². The van der Waals surface area contributed by atoms with Gasteiger partial charge in [0, 0.05) is 18.0 Å². The molecular formula is C21H21ClF3N5. The Morgan fingerprint density at radius 1 is 1.03 bits per heavy atom. The summed E-state index contributed by atoms with van der Waals surface area (Å²) in [5, 5.41) is 4.55. The van der Waals surface area contributed by atoms with Gasteiger partial charge in [-0.25, -0.2) is 4.98 Å². The van der Waals surface area contributed by atoms with Gasteiger partial charge >= 0.3 is 6.18 Å². The minimum absolute atomic E-state index is 0. The zero-order valence-electron chi connectivity index (χ0n) is 16.9. The molecule has 0 unspecified atom stereocenters. The van der Waals surface area contributed by atoms with Gasteiger partial charge in [-0.3, -0.25) is 9.67 Å². The average molecular weight is 436 g/mol. The molecule has 1 N–H and O–H groups in total. The third-order valence-electron chi connectivity index (χ3n) is 4.77. The SMILES string of the molecule is Cl.Cn1nc(C(C)(C)C)cc1-c1nc2cc(-c3ccccc3C(F)(F)F)ncc2[nH]1. The first-order valence-electron chi connectivity index (χ1n) is 9.11. The highest BCUT2D eigenvalue weighted by molar-refractivity contribution is 5.85. The fourth-order valence-corrected chi connectivity index (χ4v) is 3.19. The summed E-state index contributed by atoms with van der Waals surface area (Å²) in [5.74, 6) is 0.591. The average Bonchev–Trinajstić information content (AvgIpc) is 3.23. The van der Waals surface area contributed by atoms with Crippen LogP contribution in [0.3, 0.4) is 0 Å². The van der Waals surface area contributed by atoms with Gasteiger partial charge in [0.1, 0.15) is 5.69 Å². The molecule has 0 spiro atoms. The van der Waals surface area contributed by atoms with Crippen LogP contribution < -0.4 is 0 Å². The lowest BCUT2D eigenvalue weighted by Gasteiger charge is -2.13. The third-order valence-corrected chi connectivity index (χ3v) is 4.77. The zero-order valence-corrected chi connectivity index (χ0v) is 17.7. The molecule has 30 heavy (non-hydrogen) atoms. The van der Waals surface area contributed by atoms with Crippen molar-refractivity contribution in [3.63, 3.8) is 0 Å². The largest absolute Gasteiger partial charge is 0.417 e. The second kappa shape index (κ2) is 7.43. The lowest BCUT2D eigenvalue weighted by Crippen LogP contribution is -2.12. The molecule has 0 amide bonds. The Balaban J connectivity index is 0.00000256. The Labute approximate surface area is 177 Å². The molecule has 0 saturated carbocycles. The number of nitrogens with one attached hydrogen (secondary N) is 1. The summed E-state index contributed by atoms with van der Waals surface area (Å²) in [6.07, 6.45) is -2.95. The van der Waals surface area contributed by atoms with Crippen LogP contribution in [-0.2, 0) is 18.6 Å². The van der Waals surface area contributed by atoms with Crippen LogP contribution >= 0.6 is 12.4 Å². The van der Waals surface area contributed by atoms with E-state index in [1.807, 2.05) is 13.1 Å². The smallest absolute Gasteiger partial charge is 0.335 e. The highest BCUT2D eigenvalue weighted by Crippen LogP contribution is 2.37. The molecule has 0 aliphatic rings. The summed E-state index contributed by atoms with van der Waals surface area (Å²) in [6, 6.07) is 8.94. The second-order valence-corrected chi connectivity index (χ2v) is 8.00. The molecule has 9 heteroatoms. The number of imidazole rings is 1. The van der Waals surface area contributed by atoms with Gasteiger partial charge in [0.25, 0.3) is 0 Å². The topological polar surface area (TPSA) is 59.4 Å². The van der Waals surface area contributed by atoms with E-state index in [4.69, 9.17) is 0 Å². The Hall–Kier alpha value is -2.87. The highest BCUT2D eigenvalue weighted by atomic mass is 35.5. The molecule has 0 fully saturated rings. The van der Waals surface area contributed by atoms with Gasteiger partial charge in [0.2, 0.25) is 0 Å². The third kappa shape index (κ3) is 3.92. The van der Waals surface area contributed by atoms with Crippen molar-refractivity contribution in [2.45, 2.75) is 32.4 Å². The number of nitrogens with zero attached hydrogens (tertiary/aromatic N) is 4. The van der Waals surface area contributed by atoms with Crippen LogP contribution in [0.5, 0.6) is 0 Å². The number of pyridine rings is 1. The molecule has 0 atom stereocenters. The van der Waals surface area contributed by atoms with Crippen LogP contribution in [0.4, 0.5) is 13.2 Å². The van der Waals surface area contributed by atoms with Crippen molar-refractivity contribution in [2.75, 3.05) is 0 Å². The molecule has 0 bridgehead atoms. The number of benzene rings is 1. The molecule has 1 aromatic carbocycles. The van der Waals surface area contributed by atoms with Gasteiger partial charge in [-0.2, -0.15) is 18.3 Å². The van der Waals surface area contributed by atoms with Gasteiger partial charge in [-0.05, 0) is 18.2 Å². The number of aromatic nitrogens is 5. The minimum atomic E-state index is -4.46. The maximum atomic E-state index is 13.4. The summed E-state index contributed by atoms with van der Waals surface area (Å²) in [6.45, 7) is 6.23. The van der Waals surface area contributed by atoms with Crippen LogP contribution in [-0.4, -0.2) is 24.7 Å². The highest BCUT2D eigenvalue weighted by Gasteiger charge is 2.33. The van der Waals surface area contributed by atoms with E-state index in [0.29, 0.717) is 16.9 Å². The molecular weight excluding hydrogens is 415 g/mol. The van der Waals surface area contributed by atoms with E-state index in [9.17, 15) is 13.2 Å². The van der Waals surface area contributed by atoms with Crippen molar-refractivity contribution in [1.29, 1.82) is 0 Å². The summed E-state index contributed by atoms with van der Waals surface area (Å²) < 4.78 is 41.8. The van der Waals surface area contributed by atoms with E-state index in [2.05, 4.69) is 40.8 Å². The Morgan fingerprint density at radius 2 is 1.73 bits per heavy atom. The molecule has 0 aliphatic heterocycles. The number of rotatable bonds is 2. The number of aromatic amines is 1. The fourth-order valence-electron chi connectivity index (χ4n) is 3.19. The van der Waals surface area contributed by atoms with Crippen molar-refractivity contribution >= 4 is 23.4 Å². The quantitative estimate of drug-likeness (QED) is 0.435. The van der Waals surface area contributed by atoms with Crippen LogP contribution in [0, 0.1) is 0 Å². The molecule has 158 valence electrons. The second-order valence-electron chi connectivity index (χ2n) is 8.00. The summed E-state index contributed by atoms with van der Waals surface area (Å²) in [7, 11) is 1.83. The van der Waals surface area contributed by atoms with Crippen molar-refractivity contribution in [3.05, 3.63) is 53.9 Å². The van der Waals surface area contributed by atoms with E-state index in [0.717, 1.165) is 17.5 Å². The lowest BCUT2D eigenvalue weighted by molar-refractivity contribution is -0.137. The number of fused-ring (bicyclic) bond motifs is 1. The Morgan fingerprint density at radius 3 is 2.37 bits per heavy atom. The number of H-pyrrole nitrogens is 1. The van der Waals surface area contributed by atoms with Crippen molar-refractivity contribution in [2.24, 2.45) is 7.05 Å². The normalized spacial score (nSPS) is 12.2. The summed E-state index contributed by atoms with van der Waals surface area (Å²) in [4.78, 5) is 12.0. The van der Waals surface area contributed by atoms with E-state index >= 15 is 0 Å². The molecule has 3 aromatic heterocycles. The van der Waals surface area contributed by atoms with Gasteiger partial charge < -0.3 is 4.98 Å². The van der Waals surface area contributed by atoms with Crippen LogP contribution in [0.15, 0.2) is 42.6 Å². The molecule has 4 rings (SSSR count). The van der Waals surface area contributed by atoms with Gasteiger partial charge in [-0.1, -0.05) is 39.0 Å². The van der Waals surface area contributed by atoms with E-state index in [1.54, 1.807) is 16.8 Å². The maximum absolute atomic E-state index is 13.4. The number of alkyl halides is 3. The Kier molecular flexibility index (Phi) is 5.41. The predicted octanol–water partition coefficient (Wildman–Crippen LogP) is 5.76. The summed E-state index contributed by atoms with van der Waals surface area (Å²) in [5.41, 5.74) is 2.33. The van der Waals surface area contributed by atoms with Crippen LogP contribution in [0.25, 0.3) is 33.8 Å². The Bertz CT molecular complexity index is 1200. The molecule has 0 aliphatic carbocycles. The minimum Gasteiger partial charge on any atom is -0.335 e. The molecule has 4 aromatic rings. The molecule has 0 radical (unpaired) electrons. The maximum Gasteiger partial charge on any atom is 0.417 e. The molecule has 5 nitrogen and oxygen atoms in total. The van der Waals surface area contributed by atoms with Gasteiger partial charge in [-0.15, -0.1) is 12.4 Å². The molecule has 3 heterocycles. The van der Waals surface area contributed by atoms with Gasteiger partial charge in [0.05, 0.1) is 34.2 Å². The number of hydrogen-bond donors (Lipinski definition) is 1. The zero-order chi connectivity index (χ0) is 21.0. The van der Waals surface area contributed by atoms with Gasteiger partial charge in [0.15, 0.2) is 5.82 Å². The lowest BCUT2D eigenvalue weighted by atomic mass is 9.92. The predicted molar refractivity (Wildman–Crippen MR) is 112 cm³/mol. The number of aryl methyl sites for hydroxylation is 1. The number of halogens is 4. The first-order valence-corrected chi connectivity index (χ1v) is 9.11. The first-order chi connectivity index (χ1) is 13.5. The van der Waals surface area contributed by atoms with Crippen molar-refractivity contribution in [3.8, 4) is 22.8 Å². The molecule has 0 saturated heterocycles. The standard InChI is InChI=1S/C21H20F3N5.ClH/c1-20(2,3)18-10-17(29(4)28-18)19-26-15-9-14(25-11-16(15)27-19)12-7-5-6-8-13(12)21(22,23)24;/h5-11H,1-4H3,(H,26,27);1H. The van der Waals surface area contributed by atoms with Crippen LogP contribution in [0.1, 0.15) is 32.0 Å². The first kappa shape index (κ1) is 21.8. The monoisotopic (exact) mass is 435 g/mol. The van der Waals surface area contributed by atoms with E-state index in [1.165, 1.54) is 18.3 Å². The van der Waals surface area contributed by atoms with Crippen LogP contribution in [0.2, 0.25) is 0 Å². The van der Waals surface area contributed by atoms with E-state index in [-0.39, 0.29) is 29.1 Å². The van der Waals surface area contributed by atoms with Crippen molar-refractivity contribution in [1.82, 2.24) is 24.7 Å². The van der Waals surface area contributed by atoms with Crippen molar-refractivity contribution < 1.29 is 13.2 Å². The number of hydrogen-bond acceptors (Lipinski definition) is 3. The fraction of sp³-hybridized carbons (Fsp3) is 0.286.